The molecule has 1 aromatic carbocycles. The molecule has 10 heteroatoms. The Kier molecular flexibility index (Phi) is 10.2. The van der Waals surface area contributed by atoms with E-state index in [1.807, 2.05) is 20.0 Å². The Labute approximate surface area is 166 Å². The summed E-state index contributed by atoms with van der Waals surface area (Å²) in [7, 11) is 3.50. The number of benzene rings is 1. The summed E-state index contributed by atoms with van der Waals surface area (Å²) in [5.41, 5.74) is 1.08. The second kappa shape index (κ2) is 11.6. The first-order valence-electron chi connectivity index (χ1n) is 7.70. The molecular weight excluding hydrogens is 430 g/mol. The quantitative estimate of drug-likeness (QED) is 0.438. The molecule has 25 heavy (non-hydrogen) atoms. The van der Waals surface area contributed by atoms with Crippen LogP contribution in [-0.4, -0.2) is 46.2 Å². The van der Waals surface area contributed by atoms with E-state index >= 15 is 0 Å². The van der Waals surface area contributed by atoms with Gasteiger partial charge in [-0.2, -0.15) is 0 Å². The van der Waals surface area contributed by atoms with Gasteiger partial charge in [-0.3, -0.25) is 0 Å². The van der Waals surface area contributed by atoms with Gasteiger partial charge in [0.1, 0.15) is 0 Å². The van der Waals surface area contributed by atoms with Crippen molar-refractivity contribution in [2.24, 2.45) is 7.05 Å². The van der Waals surface area contributed by atoms with Gasteiger partial charge < -0.3 is 14.8 Å². The topological polar surface area (TPSA) is 74.1 Å². The number of tetrazole rings is 1. The third-order valence-corrected chi connectivity index (χ3v) is 4.79. The molecule has 0 aliphatic rings. The summed E-state index contributed by atoms with van der Waals surface area (Å²) in [4.78, 5) is 0. The molecule has 1 aromatic heterocycles. The first-order valence-corrected chi connectivity index (χ1v) is 9.48. The van der Waals surface area contributed by atoms with Crippen LogP contribution in [0.3, 0.4) is 0 Å². The molecule has 0 spiro atoms. The van der Waals surface area contributed by atoms with E-state index in [4.69, 9.17) is 9.47 Å². The molecule has 2 aromatic rings. The number of hydrogen-bond donors (Lipinski definition) is 1. The third-order valence-electron chi connectivity index (χ3n) is 3.23. The molecule has 0 radical (unpaired) electrons. The lowest BCUT2D eigenvalue weighted by molar-refractivity contribution is 0.306. The average Bonchev–Trinajstić information content (AvgIpc) is 2.97. The van der Waals surface area contributed by atoms with Crippen molar-refractivity contribution in [3.8, 4) is 11.5 Å². The average molecular weight is 453 g/mol. The highest BCUT2D eigenvalue weighted by atomic mass is 79.9. The summed E-state index contributed by atoms with van der Waals surface area (Å²) in [6, 6.07) is 3.97. The van der Waals surface area contributed by atoms with Crippen LogP contribution in [0, 0.1) is 0 Å². The van der Waals surface area contributed by atoms with Crippen molar-refractivity contribution in [3.63, 3.8) is 0 Å². The molecule has 0 amide bonds. The largest absolute Gasteiger partial charge is 0.493 e. The molecule has 0 fully saturated rings. The van der Waals surface area contributed by atoms with Gasteiger partial charge in [-0.15, -0.1) is 17.5 Å². The molecule has 0 saturated heterocycles. The smallest absolute Gasteiger partial charge is 0.209 e. The van der Waals surface area contributed by atoms with E-state index in [0.717, 1.165) is 52.0 Å². The van der Waals surface area contributed by atoms with Gasteiger partial charge in [-0.25, -0.2) is 4.68 Å². The standard InChI is InChI=1S/C15H22BrN5O2S.ClH/c1-4-23-14-11(8-12(16)9-13(14)22-3)10-17-6-5-7-24-15-18-19-20-21(15)2;/h8-9,17H,4-7,10H2,1-3H3;1H. The number of thioether (sulfide) groups is 1. The molecule has 0 unspecified atom stereocenters. The van der Waals surface area contributed by atoms with E-state index in [0.29, 0.717) is 6.61 Å². The molecule has 7 nitrogen and oxygen atoms in total. The van der Waals surface area contributed by atoms with Gasteiger partial charge >= 0.3 is 0 Å². The van der Waals surface area contributed by atoms with Crippen LogP contribution >= 0.6 is 40.1 Å². The SMILES string of the molecule is CCOc1c(CNCCCSc2nnnn2C)cc(Br)cc1OC.Cl. The second-order valence-electron chi connectivity index (χ2n) is 4.99. The zero-order chi connectivity index (χ0) is 17.4. The number of hydrogen-bond acceptors (Lipinski definition) is 7. The van der Waals surface area contributed by atoms with Crippen molar-refractivity contribution >= 4 is 40.1 Å². The van der Waals surface area contributed by atoms with Crippen molar-refractivity contribution in [3.05, 3.63) is 22.2 Å². The summed E-state index contributed by atoms with van der Waals surface area (Å²) in [6.07, 6.45) is 1.02. The zero-order valence-corrected chi connectivity index (χ0v) is 17.7. The van der Waals surface area contributed by atoms with Gasteiger partial charge in [-0.1, -0.05) is 27.7 Å². The number of ether oxygens (including phenoxy) is 2. The van der Waals surface area contributed by atoms with E-state index in [9.17, 15) is 0 Å². The zero-order valence-electron chi connectivity index (χ0n) is 14.5. The normalized spacial score (nSPS) is 10.4. The van der Waals surface area contributed by atoms with Gasteiger partial charge in [0.2, 0.25) is 5.16 Å². The van der Waals surface area contributed by atoms with E-state index in [1.54, 1.807) is 23.6 Å². The van der Waals surface area contributed by atoms with Crippen LogP contribution in [0.15, 0.2) is 21.8 Å². The number of aromatic nitrogens is 4. The van der Waals surface area contributed by atoms with Gasteiger partial charge in [0, 0.05) is 29.4 Å². The lowest BCUT2D eigenvalue weighted by atomic mass is 10.2. The summed E-state index contributed by atoms with van der Waals surface area (Å²) in [5.74, 6) is 2.50. The van der Waals surface area contributed by atoms with Gasteiger partial charge in [0.05, 0.1) is 13.7 Å². The Morgan fingerprint density at radius 1 is 1.36 bits per heavy atom. The van der Waals surface area contributed by atoms with E-state index in [-0.39, 0.29) is 12.4 Å². The predicted octanol–water partition coefficient (Wildman–Crippen LogP) is 3.07. The van der Waals surface area contributed by atoms with E-state index < -0.39 is 0 Å². The van der Waals surface area contributed by atoms with Crippen LogP contribution in [0.2, 0.25) is 0 Å². The van der Waals surface area contributed by atoms with Crippen LogP contribution in [0.25, 0.3) is 0 Å². The first-order chi connectivity index (χ1) is 11.7. The van der Waals surface area contributed by atoms with Crippen molar-refractivity contribution in [1.29, 1.82) is 0 Å². The highest BCUT2D eigenvalue weighted by Crippen LogP contribution is 2.34. The fraction of sp³-hybridized carbons (Fsp3) is 0.533. The number of nitrogens with one attached hydrogen (secondary N) is 1. The van der Waals surface area contributed by atoms with Crippen LogP contribution in [0.5, 0.6) is 11.5 Å². The highest BCUT2D eigenvalue weighted by Gasteiger charge is 2.12. The van der Waals surface area contributed by atoms with Crippen molar-refractivity contribution < 1.29 is 9.47 Å². The summed E-state index contributed by atoms with van der Waals surface area (Å²) >= 11 is 5.17. The highest BCUT2D eigenvalue weighted by molar-refractivity contribution is 9.10. The molecule has 2 rings (SSSR count). The molecule has 0 aliphatic heterocycles. The Hall–Kier alpha value is -1.03. The molecule has 0 aliphatic carbocycles. The van der Waals surface area contributed by atoms with Crippen LogP contribution < -0.4 is 14.8 Å². The number of nitrogens with zero attached hydrogens (tertiary/aromatic N) is 4. The minimum absolute atomic E-state index is 0. The minimum atomic E-state index is 0. The fourth-order valence-electron chi connectivity index (χ4n) is 2.14. The van der Waals surface area contributed by atoms with Crippen molar-refractivity contribution in [1.82, 2.24) is 25.5 Å². The first kappa shape index (κ1) is 22.0. The Bertz CT molecular complexity index is 659. The van der Waals surface area contributed by atoms with E-state index in [2.05, 4.69) is 42.8 Å². The summed E-state index contributed by atoms with van der Waals surface area (Å²) in [6.45, 7) is 4.20. The molecule has 0 saturated carbocycles. The van der Waals surface area contributed by atoms with Gasteiger partial charge in [0.25, 0.3) is 0 Å². The lowest BCUT2D eigenvalue weighted by Crippen LogP contribution is -2.16. The van der Waals surface area contributed by atoms with Crippen LogP contribution in [-0.2, 0) is 13.6 Å². The molecule has 140 valence electrons. The minimum Gasteiger partial charge on any atom is -0.493 e. The lowest BCUT2D eigenvalue weighted by Gasteiger charge is -2.15. The van der Waals surface area contributed by atoms with Gasteiger partial charge in [0.15, 0.2) is 11.5 Å². The van der Waals surface area contributed by atoms with Crippen molar-refractivity contribution in [2.75, 3.05) is 26.0 Å². The predicted molar refractivity (Wildman–Crippen MR) is 105 cm³/mol. The van der Waals surface area contributed by atoms with Crippen molar-refractivity contribution in [2.45, 2.75) is 25.0 Å². The van der Waals surface area contributed by atoms with Crippen LogP contribution in [0.1, 0.15) is 18.9 Å². The monoisotopic (exact) mass is 451 g/mol. The van der Waals surface area contributed by atoms with Crippen LogP contribution in [0.4, 0.5) is 0 Å². The molecule has 1 heterocycles. The number of aryl methyl sites for hydroxylation is 1. The molecule has 0 bridgehead atoms. The van der Waals surface area contributed by atoms with E-state index in [1.165, 1.54) is 0 Å². The Morgan fingerprint density at radius 2 is 2.16 bits per heavy atom. The maximum absolute atomic E-state index is 5.74. The number of halogens is 2. The summed E-state index contributed by atoms with van der Waals surface area (Å²) in [5, 5.41) is 15.7. The summed E-state index contributed by atoms with van der Waals surface area (Å²) < 4.78 is 13.8. The maximum atomic E-state index is 5.74. The van der Waals surface area contributed by atoms with Gasteiger partial charge in [-0.05, 0) is 42.4 Å². The molecular formula is C15H23BrClN5O2S. The molecule has 1 N–H and O–H groups in total. The number of rotatable bonds is 10. The third kappa shape index (κ3) is 6.65. The maximum Gasteiger partial charge on any atom is 0.209 e. The molecule has 0 atom stereocenters. The Balaban J connectivity index is 0.00000312. The fourth-order valence-corrected chi connectivity index (χ4v) is 3.41. The second-order valence-corrected chi connectivity index (χ2v) is 6.97. The number of methoxy groups -OCH3 is 1. The Morgan fingerprint density at radius 3 is 2.80 bits per heavy atom.